The van der Waals surface area contributed by atoms with Gasteiger partial charge in [-0.25, -0.2) is 0 Å². The van der Waals surface area contributed by atoms with E-state index >= 15 is 0 Å². The number of benzene rings is 1. The van der Waals surface area contributed by atoms with E-state index in [0.29, 0.717) is 6.42 Å². The standard InChI is InChI=1S/C18H23N3O2/c1-18(2,21-9-11-23-12-10-21)13-16(22)20-15-7-3-5-14-6-4-8-19-17(14)15/h3-8H,9-13H2,1-2H3,(H,20,22). The molecule has 2 aromatic rings. The number of nitrogens with zero attached hydrogens (tertiary/aromatic N) is 2. The molecule has 0 aliphatic carbocycles. The lowest BCUT2D eigenvalue weighted by molar-refractivity contribution is -0.119. The number of nitrogens with one attached hydrogen (secondary N) is 1. The van der Waals surface area contributed by atoms with Gasteiger partial charge in [0.25, 0.3) is 0 Å². The number of rotatable bonds is 4. The van der Waals surface area contributed by atoms with Crippen molar-refractivity contribution in [2.24, 2.45) is 0 Å². The van der Waals surface area contributed by atoms with Crippen LogP contribution in [0.5, 0.6) is 0 Å². The van der Waals surface area contributed by atoms with Crippen LogP contribution in [0.15, 0.2) is 36.5 Å². The summed E-state index contributed by atoms with van der Waals surface area (Å²) in [6.07, 6.45) is 2.19. The summed E-state index contributed by atoms with van der Waals surface area (Å²) >= 11 is 0. The van der Waals surface area contributed by atoms with Crippen LogP contribution < -0.4 is 5.32 Å². The third-order valence-corrected chi connectivity index (χ3v) is 4.37. The molecule has 1 N–H and O–H groups in total. The molecule has 0 bridgehead atoms. The van der Waals surface area contributed by atoms with E-state index in [9.17, 15) is 4.79 Å². The molecular formula is C18H23N3O2. The number of hydrogen-bond donors (Lipinski definition) is 1. The third kappa shape index (κ3) is 3.68. The third-order valence-electron chi connectivity index (χ3n) is 4.37. The Morgan fingerprint density at radius 3 is 2.78 bits per heavy atom. The van der Waals surface area contributed by atoms with Crippen molar-refractivity contribution in [1.82, 2.24) is 9.88 Å². The Hall–Kier alpha value is -1.98. The van der Waals surface area contributed by atoms with Gasteiger partial charge in [-0.1, -0.05) is 18.2 Å². The molecule has 23 heavy (non-hydrogen) atoms. The number of aromatic nitrogens is 1. The largest absolute Gasteiger partial charge is 0.379 e. The molecule has 3 rings (SSSR count). The molecule has 0 atom stereocenters. The summed E-state index contributed by atoms with van der Waals surface area (Å²) in [5.74, 6) is 0.0136. The molecule has 1 saturated heterocycles. The Bertz CT molecular complexity index is 688. The van der Waals surface area contributed by atoms with Crippen molar-refractivity contribution in [2.75, 3.05) is 31.6 Å². The number of amides is 1. The molecule has 2 heterocycles. The van der Waals surface area contributed by atoms with Gasteiger partial charge in [0.05, 0.1) is 24.4 Å². The van der Waals surface area contributed by atoms with E-state index in [1.165, 1.54) is 0 Å². The van der Waals surface area contributed by atoms with Gasteiger partial charge in [-0.05, 0) is 26.0 Å². The quantitative estimate of drug-likeness (QED) is 0.943. The first kappa shape index (κ1) is 15.9. The lowest BCUT2D eigenvalue weighted by Gasteiger charge is -2.40. The average Bonchev–Trinajstić information content (AvgIpc) is 2.55. The van der Waals surface area contributed by atoms with E-state index in [1.54, 1.807) is 6.20 Å². The normalized spacial score (nSPS) is 16.4. The number of anilines is 1. The van der Waals surface area contributed by atoms with Crippen molar-refractivity contribution in [1.29, 1.82) is 0 Å². The minimum Gasteiger partial charge on any atom is -0.379 e. The van der Waals surface area contributed by atoms with Crippen LogP contribution >= 0.6 is 0 Å². The van der Waals surface area contributed by atoms with Gasteiger partial charge in [-0.15, -0.1) is 0 Å². The summed E-state index contributed by atoms with van der Waals surface area (Å²) in [6.45, 7) is 7.43. The fourth-order valence-corrected chi connectivity index (χ4v) is 3.07. The maximum absolute atomic E-state index is 12.5. The number of para-hydroxylation sites is 1. The fraction of sp³-hybridized carbons (Fsp3) is 0.444. The Morgan fingerprint density at radius 2 is 2.00 bits per heavy atom. The predicted octanol–water partition coefficient (Wildman–Crippen LogP) is 2.67. The highest BCUT2D eigenvalue weighted by Crippen LogP contribution is 2.24. The van der Waals surface area contributed by atoms with Gasteiger partial charge in [0.1, 0.15) is 0 Å². The number of pyridine rings is 1. The molecule has 1 aromatic carbocycles. The van der Waals surface area contributed by atoms with Crippen molar-refractivity contribution < 1.29 is 9.53 Å². The van der Waals surface area contributed by atoms with Gasteiger partial charge < -0.3 is 10.1 Å². The molecule has 1 amide bonds. The summed E-state index contributed by atoms with van der Waals surface area (Å²) in [5.41, 5.74) is 1.41. The molecule has 0 radical (unpaired) electrons. The van der Waals surface area contributed by atoms with Gasteiger partial charge in [0, 0.05) is 36.6 Å². The van der Waals surface area contributed by atoms with Crippen LogP contribution in [0.4, 0.5) is 5.69 Å². The van der Waals surface area contributed by atoms with Gasteiger partial charge in [0.15, 0.2) is 0 Å². The first-order chi connectivity index (χ1) is 11.1. The van der Waals surface area contributed by atoms with Crippen LogP contribution in [-0.2, 0) is 9.53 Å². The Labute approximate surface area is 136 Å². The maximum atomic E-state index is 12.5. The van der Waals surface area contributed by atoms with E-state index < -0.39 is 0 Å². The average molecular weight is 313 g/mol. The highest BCUT2D eigenvalue weighted by atomic mass is 16.5. The van der Waals surface area contributed by atoms with Crippen LogP contribution in [0.3, 0.4) is 0 Å². The van der Waals surface area contributed by atoms with E-state index in [0.717, 1.165) is 42.9 Å². The summed E-state index contributed by atoms with van der Waals surface area (Å²) < 4.78 is 5.39. The summed E-state index contributed by atoms with van der Waals surface area (Å²) in [7, 11) is 0. The van der Waals surface area contributed by atoms with Crippen molar-refractivity contribution in [3.8, 4) is 0 Å². The zero-order valence-corrected chi connectivity index (χ0v) is 13.7. The summed E-state index contributed by atoms with van der Waals surface area (Å²) in [4.78, 5) is 19.2. The SMILES string of the molecule is CC(C)(CC(=O)Nc1cccc2cccnc12)N1CCOCC1. The highest BCUT2D eigenvalue weighted by molar-refractivity contribution is 6.00. The monoisotopic (exact) mass is 313 g/mol. The zero-order valence-electron chi connectivity index (χ0n) is 13.7. The lowest BCUT2D eigenvalue weighted by atomic mass is 9.97. The number of ether oxygens (including phenoxy) is 1. The topological polar surface area (TPSA) is 54.5 Å². The second kappa shape index (κ2) is 6.64. The van der Waals surface area contributed by atoms with Crippen molar-refractivity contribution in [2.45, 2.75) is 25.8 Å². The van der Waals surface area contributed by atoms with Crippen molar-refractivity contribution in [3.05, 3.63) is 36.5 Å². The molecule has 0 unspecified atom stereocenters. The van der Waals surface area contributed by atoms with Crippen LogP contribution in [0.1, 0.15) is 20.3 Å². The molecule has 5 nitrogen and oxygen atoms in total. The maximum Gasteiger partial charge on any atom is 0.226 e. The number of hydrogen-bond acceptors (Lipinski definition) is 4. The van der Waals surface area contributed by atoms with Gasteiger partial charge in [0.2, 0.25) is 5.91 Å². The van der Waals surface area contributed by atoms with Gasteiger partial charge in [-0.2, -0.15) is 0 Å². The molecule has 1 fully saturated rings. The second-order valence-corrected chi connectivity index (χ2v) is 6.52. The summed E-state index contributed by atoms with van der Waals surface area (Å²) in [5, 5.41) is 4.05. The van der Waals surface area contributed by atoms with E-state index in [2.05, 4.69) is 29.0 Å². The van der Waals surface area contributed by atoms with E-state index in [-0.39, 0.29) is 11.4 Å². The summed E-state index contributed by atoms with van der Waals surface area (Å²) in [6, 6.07) is 9.72. The van der Waals surface area contributed by atoms with E-state index in [4.69, 9.17) is 4.74 Å². The number of morpholine rings is 1. The van der Waals surface area contributed by atoms with Crippen molar-refractivity contribution >= 4 is 22.5 Å². The Kier molecular flexibility index (Phi) is 4.59. The minimum atomic E-state index is -0.189. The Balaban J connectivity index is 1.71. The van der Waals surface area contributed by atoms with E-state index in [1.807, 2.05) is 30.3 Å². The lowest BCUT2D eigenvalue weighted by Crippen LogP contribution is -2.51. The number of carbonyl (C=O) groups is 1. The molecule has 1 aliphatic rings. The molecule has 0 saturated carbocycles. The van der Waals surface area contributed by atoms with Crippen LogP contribution in [-0.4, -0.2) is 47.6 Å². The predicted molar refractivity (Wildman–Crippen MR) is 91.5 cm³/mol. The molecule has 122 valence electrons. The van der Waals surface area contributed by atoms with Crippen molar-refractivity contribution in [3.63, 3.8) is 0 Å². The number of fused-ring (bicyclic) bond motifs is 1. The number of carbonyl (C=O) groups excluding carboxylic acids is 1. The smallest absolute Gasteiger partial charge is 0.226 e. The molecule has 0 spiro atoms. The van der Waals surface area contributed by atoms with Crippen LogP contribution in [0.2, 0.25) is 0 Å². The van der Waals surface area contributed by atoms with Gasteiger partial charge in [-0.3, -0.25) is 14.7 Å². The van der Waals surface area contributed by atoms with Crippen LogP contribution in [0.25, 0.3) is 10.9 Å². The Morgan fingerprint density at radius 1 is 1.26 bits per heavy atom. The van der Waals surface area contributed by atoms with Crippen LogP contribution in [0, 0.1) is 0 Å². The second-order valence-electron chi connectivity index (χ2n) is 6.52. The molecule has 1 aromatic heterocycles. The fourth-order valence-electron chi connectivity index (χ4n) is 3.07. The zero-order chi connectivity index (χ0) is 16.3. The first-order valence-corrected chi connectivity index (χ1v) is 8.03. The highest BCUT2D eigenvalue weighted by Gasteiger charge is 2.30. The van der Waals surface area contributed by atoms with Gasteiger partial charge >= 0.3 is 0 Å². The molecule has 5 heteroatoms. The molecule has 1 aliphatic heterocycles. The minimum absolute atomic E-state index is 0.0136. The molecular weight excluding hydrogens is 290 g/mol. The first-order valence-electron chi connectivity index (χ1n) is 8.03.